The van der Waals surface area contributed by atoms with Crippen LogP contribution in [0, 0.1) is 0 Å². The van der Waals surface area contributed by atoms with E-state index in [2.05, 4.69) is 21.6 Å². The van der Waals surface area contributed by atoms with Gasteiger partial charge in [-0.25, -0.2) is 0 Å². The Hall–Kier alpha value is -2.28. The van der Waals surface area contributed by atoms with E-state index in [1.54, 1.807) is 6.07 Å². The monoisotopic (exact) mass is 387 g/mol. The van der Waals surface area contributed by atoms with Crippen LogP contribution in [-0.4, -0.2) is 43.8 Å². The molecule has 1 amide bonds. The Morgan fingerprint density at radius 2 is 2.07 bits per heavy atom. The molecule has 2 aliphatic rings. The average molecular weight is 388 g/mol. The van der Waals surface area contributed by atoms with Gasteiger partial charge in [0.25, 0.3) is 0 Å². The molecule has 2 aromatic carbocycles. The second-order valence-electron chi connectivity index (χ2n) is 6.64. The zero-order valence-electron chi connectivity index (χ0n) is 14.9. The van der Waals surface area contributed by atoms with Crippen LogP contribution in [0.3, 0.4) is 0 Å². The number of ether oxygens (including phenoxy) is 2. The van der Waals surface area contributed by atoms with Crippen LogP contribution in [0.2, 0.25) is 5.02 Å². The van der Waals surface area contributed by atoms with Crippen molar-refractivity contribution in [3.63, 3.8) is 0 Å². The van der Waals surface area contributed by atoms with Crippen LogP contribution in [0.15, 0.2) is 42.5 Å². The van der Waals surface area contributed by atoms with E-state index >= 15 is 0 Å². The molecule has 2 aliphatic heterocycles. The van der Waals surface area contributed by atoms with Gasteiger partial charge in [-0.2, -0.15) is 0 Å². The number of carbonyl (C=O) groups excluding carboxylic acids is 1. The second-order valence-corrected chi connectivity index (χ2v) is 7.05. The molecule has 2 aromatic rings. The molecule has 4 rings (SSSR count). The lowest BCUT2D eigenvalue weighted by molar-refractivity contribution is -0.116. The van der Waals surface area contributed by atoms with E-state index in [4.69, 9.17) is 21.1 Å². The normalized spacial score (nSPS) is 19.1. The molecule has 0 saturated carbocycles. The minimum Gasteiger partial charge on any atom is -0.454 e. The molecule has 0 bridgehead atoms. The van der Waals surface area contributed by atoms with Crippen molar-refractivity contribution in [2.45, 2.75) is 12.5 Å². The van der Waals surface area contributed by atoms with Gasteiger partial charge in [-0.05, 0) is 23.8 Å². The summed E-state index contributed by atoms with van der Waals surface area (Å²) in [4.78, 5) is 14.7. The number of carbonyl (C=O) groups is 1. The van der Waals surface area contributed by atoms with E-state index in [1.807, 2.05) is 30.3 Å². The van der Waals surface area contributed by atoms with Crippen molar-refractivity contribution in [1.82, 2.24) is 10.2 Å². The van der Waals surface area contributed by atoms with E-state index in [0.717, 1.165) is 30.2 Å². The van der Waals surface area contributed by atoms with Crippen LogP contribution in [0.1, 0.15) is 18.0 Å². The maximum Gasteiger partial charge on any atom is 0.231 e. The molecule has 7 heteroatoms. The molecule has 1 atom stereocenters. The lowest BCUT2D eigenvalue weighted by Gasteiger charge is -2.36. The standard InChI is InChI=1S/C20H22ClN3O3/c21-16-4-2-1-3-15(16)17-12-22-8-10-24(17)9-7-20(25)23-14-5-6-18-19(11-14)27-13-26-18/h1-6,11,17,22H,7-10,12-13H2,(H,23,25). The van der Waals surface area contributed by atoms with Crippen molar-refractivity contribution >= 4 is 23.2 Å². The van der Waals surface area contributed by atoms with Gasteiger partial charge in [-0.1, -0.05) is 29.8 Å². The zero-order valence-corrected chi connectivity index (χ0v) is 15.7. The fourth-order valence-corrected chi connectivity index (χ4v) is 3.77. The van der Waals surface area contributed by atoms with E-state index in [9.17, 15) is 4.79 Å². The molecule has 142 valence electrons. The Bertz CT molecular complexity index is 830. The van der Waals surface area contributed by atoms with Crippen LogP contribution in [0.5, 0.6) is 11.5 Å². The summed E-state index contributed by atoms with van der Waals surface area (Å²) in [6, 6.07) is 13.5. The van der Waals surface area contributed by atoms with Gasteiger partial charge < -0.3 is 20.1 Å². The van der Waals surface area contributed by atoms with Crippen LogP contribution >= 0.6 is 11.6 Å². The fraction of sp³-hybridized carbons (Fsp3) is 0.350. The summed E-state index contributed by atoms with van der Waals surface area (Å²) in [5.74, 6) is 1.34. The molecule has 2 heterocycles. The van der Waals surface area contributed by atoms with E-state index in [1.165, 1.54) is 0 Å². The van der Waals surface area contributed by atoms with Crippen molar-refractivity contribution in [1.29, 1.82) is 0 Å². The highest BCUT2D eigenvalue weighted by atomic mass is 35.5. The fourth-order valence-electron chi connectivity index (χ4n) is 3.51. The average Bonchev–Trinajstić information content (AvgIpc) is 3.15. The number of fused-ring (bicyclic) bond motifs is 1. The number of nitrogens with one attached hydrogen (secondary N) is 2. The van der Waals surface area contributed by atoms with Crippen LogP contribution in [0.4, 0.5) is 5.69 Å². The molecule has 0 aromatic heterocycles. The van der Waals surface area contributed by atoms with E-state index in [0.29, 0.717) is 30.2 Å². The molecule has 1 unspecified atom stereocenters. The minimum atomic E-state index is -0.0229. The predicted molar refractivity (Wildman–Crippen MR) is 104 cm³/mol. The Morgan fingerprint density at radius 1 is 1.22 bits per heavy atom. The van der Waals surface area contributed by atoms with Gasteiger partial charge in [0.15, 0.2) is 11.5 Å². The summed E-state index contributed by atoms with van der Waals surface area (Å²) in [5, 5.41) is 7.11. The maximum atomic E-state index is 12.4. The van der Waals surface area contributed by atoms with Gasteiger partial charge in [0, 0.05) is 55.4 Å². The number of hydrogen-bond acceptors (Lipinski definition) is 5. The summed E-state index contributed by atoms with van der Waals surface area (Å²) < 4.78 is 10.6. The van der Waals surface area contributed by atoms with Gasteiger partial charge in [0.05, 0.1) is 0 Å². The minimum absolute atomic E-state index is 0.0229. The maximum absolute atomic E-state index is 12.4. The number of piperazine rings is 1. The quantitative estimate of drug-likeness (QED) is 0.825. The topological polar surface area (TPSA) is 62.8 Å². The number of amides is 1. The second kappa shape index (κ2) is 8.17. The first kappa shape index (κ1) is 18.1. The summed E-state index contributed by atoms with van der Waals surface area (Å²) >= 11 is 6.38. The van der Waals surface area contributed by atoms with Gasteiger partial charge in [-0.15, -0.1) is 0 Å². The molecule has 1 fully saturated rings. The first-order valence-electron chi connectivity index (χ1n) is 9.09. The Labute approximate surface area is 163 Å². The van der Waals surface area contributed by atoms with Gasteiger partial charge >= 0.3 is 0 Å². The Kier molecular flexibility index (Phi) is 5.48. The predicted octanol–water partition coefficient (Wildman–Crippen LogP) is 3.04. The smallest absolute Gasteiger partial charge is 0.231 e. The number of nitrogens with zero attached hydrogens (tertiary/aromatic N) is 1. The van der Waals surface area contributed by atoms with Crippen LogP contribution in [-0.2, 0) is 4.79 Å². The molecular weight excluding hydrogens is 366 g/mol. The molecule has 1 saturated heterocycles. The van der Waals surface area contributed by atoms with Crippen molar-refractivity contribution in [3.05, 3.63) is 53.1 Å². The summed E-state index contributed by atoms with van der Waals surface area (Å²) in [6.07, 6.45) is 0.412. The highest BCUT2D eigenvalue weighted by Gasteiger charge is 2.25. The Morgan fingerprint density at radius 3 is 2.96 bits per heavy atom. The molecule has 0 aliphatic carbocycles. The first-order valence-corrected chi connectivity index (χ1v) is 9.47. The number of halogens is 1. The number of anilines is 1. The third-order valence-electron chi connectivity index (χ3n) is 4.90. The molecule has 6 nitrogen and oxygen atoms in total. The molecule has 0 spiro atoms. The summed E-state index contributed by atoms with van der Waals surface area (Å²) in [6.45, 7) is 3.51. The molecule has 2 N–H and O–H groups in total. The van der Waals surface area contributed by atoms with Crippen molar-refractivity contribution in [2.75, 3.05) is 38.3 Å². The third kappa shape index (κ3) is 4.18. The molecule has 0 radical (unpaired) electrons. The third-order valence-corrected chi connectivity index (χ3v) is 5.25. The van der Waals surface area contributed by atoms with Crippen molar-refractivity contribution in [3.8, 4) is 11.5 Å². The number of benzene rings is 2. The lowest BCUT2D eigenvalue weighted by Crippen LogP contribution is -2.46. The van der Waals surface area contributed by atoms with Gasteiger partial charge in [-0.3, -0.25) is 9.69 Å². The summed E-state index contributed by atoms with van der Waals surface area (Å²) in [5.41, 5.74) is 1.81. The number of rotatable bonds is 5. The molecular formula is C20H22ClN3O3. The van der Waals surface area contributed by atoms with Crippen molar-refractivity contribution in [2.24, 2.45) is 0 Å². The zero-order chi connectivity index (χ0) is 18.6. The van der Waals surface area contributed by atoms with Crippen molar-refractivity contribution < 1.29 is 14.3 Å². The van der Waals surface area contributed by atoms with Gasteiger partial charge in [0.2, 0.25) is 12.7 Å². The van der Waals surface area contributed by atoms with E-state index < -0.39 is 0 Å². The lowest BCUT2D eigenvalue weighted by atomic mass is 10.0. The highest BCUT2D eigenvalue weighted by molar-refractivity contribution is 6.31. The largest absolute Gasteiger partial charge is 0.454 e. The summed E-state index contributed by atoms with van der Waals surface area (Å²) in [7, 11) is 0. The van der Waals surface area contributed by atoms with Crippen LogP contribution < -0.4 is 20.1 Å². The van der Waals surface area contributed by atoms with Gasteiger partial charge in [0.1, 0.15) is 0 Å². The Balaban J connectivity index is 1.36. The van der Waals surface area contributed by atoms with Crippen LogP contribution in [0.25, 0.3) is 0 Å². The highest BCUT2D eigenvalue weighted by Crippen LogP contribution is 2.34. The first-order chi connectivity index (χ1) is 13.2. The molecule has 27 heavy (non-hydrogen) atoms. The van der Waals surface area contributed by atoms with E-state index in [-0.39, 0.29) is 18.7 Å². The SMILES string of the molecule is O=C(CCN1CCNCC1c1ccccc1Cl)Nc1ccc2c(c1)OCO2. The number of hydrogen-bond donors (Lipinski definition) is 2.